The van der Waals surface area contributed by atoms with Crippen LogP contribution in [0, 0.1) is 13.8 Å². The van der Waals surface area contributed by atoms with E-state index in [1.165, 1.54) is 11.0 Å². The molecule has 4 aromatic rings. The number of nitrogens with zero attached hydrogens (tertiary/aromatic N) is 2. The summed E-state index contributed by atoms with van der Waals surface area (Å²) in [5, 5.41) is 11.7. The number of carbonyl (C=O) groups is 3. The van der Waals surface area contributed by atoms with Gasteiger partial charge in [-0.25, -0.2) is 9.78 Å². The first kappa shape index (κ1) is 34.1. The number of esters is 1. The van der Waals surface area contributed by atoms with Gasteiger partial charge in [-0.05, 0) is 67.8 Å². The Labute approximate surface area is 284 Å². The van der Waals surface area contributed by atoms with Crippen LogP contribution < -0.4 is 14.4 Å². The first-order chi connectivity index (χ1) is 23.2. The van der Waals surface area contributed by atoms with Crippen molar-refractivity contribution in [2.45, 2.75) is 52.7 Å². The maximum atomic E-state index is 13.7. The molecule has 1 N–H and O–H groups in total. The van der Waals surface area contributed by atoms with Crippen LogP contribution in [0.15, 0.2) is 91.0 Å². The fraction of sp³-hybridized carbons (Fsp3) is 0.263. The zero-order valence-electron chi connectivity index (χ0n) is 27.2. The zero-order chi connectivity index (χ0) is 34.2. The second-order valence-corrected chi connectivity index (χ2v) is 12.4. The Hall–Kier alpha value is -5.22. The van der Waals surface area contributed by atoms with E-state index in [0.29, 0.717) is 41.5 Å². The van der Waals surface area contributed by atoms with E-state index in [1.54, 1.807) is 55.5 Å². The predicted octanol–water partition coefficient (Wildman–Crippen LogP) is 7.88. The standard InChI is InChI=1S/C38H38N2O7S/c1-5-7-8-21-45-29-16-12-27(13-17-29)32-31(33(41)28-14-18-30(19-15-28)47-23-26-11-9-10-24(3)22-26)34(42)36(43)40(32)38-39-25(4)35(48-38)37(44)46-20-6-2/h6,9-19,22,32,41H,2,5,7-8,20-21,23H2,1,3-4H3/b33-31+. The molecule has 1 aliphatic heterocycles. The second-order valence-electron chi connectivity index (χ2n) is 11.4. The average molecular weight is 667 g/mol. The summed E-state index contributed by atoms with van der Waals surface area (Å²) in [4.78, 5) is 46.0. The number of carbonyl (C=O) groups excluding carboxylic acids is 3. The topological polar surface area (TPSA) is 115 Å². The van der Waals surface area contributed by atoms with Crippen molar-refractivity contribution >= 4 is 39.9 Å². The van der Waals surface area contributed by atoms with Crippen LogP contribution in [0.1, 0.15) is 69.8 Å². The summed E-state index contributed by atoms with van der Waals surface area (Å²) in [6.45, 7) is 10.3. The summed E-state index contributed by atoms with van der Waals surface area (Å²) in [6.07, 6.45) is 4.51. The van der Waals surface area contributed by atoms with E-state index in [2.05, 4.69) is 18.5 Å². The maximum absolute atomic E-state index is 13.7. The summed E-state index contributed by atoms with van der Waals surface area (Å²) >= 11 is 0.942. The molecular weight excluding hydrogens is 628 g/mol. The Morgan fingerprint density at radius 3 is 2.40 bits per heavy atom. The lowest BCUT2D eigenvalue weighted by molar-refractivity contribution is -0.132. The number of amides is 1. The van der Waals surface area contributed by atoms with E-state index in [1.807, 2.05) is 31.2 Å². The van der Waals surface area contributed by atoms with Gasteiger partial charge in [-0.3, -0.25) is 14.5 Å². The van der Waals surface area contributed by atoms with Crippen LogP contribution in [-0.2, 0) is 20.9 Å². The van der Waals surface area contributed by atoms with E-state index in [-0.39, 0.29) is 27.9 Å². The smallest absolute Gasteiger partial charge is 0.350 e. The van der Waals surface area contributed by atoms with E-state index in [4.69, 9.17) is 14.2 Å². The van der Waals surface area contributed by atoms with Gasteiger partial charge < -0.3 is 19.3 Å². The van der Waals surface area contributed by atoms with Gasteiger partial charge in [-0.2, -0.15) is 0 Å². The summed E-state index contributed by atoms with van der Waals surface area (Å²) in [6, 6.07) is 20.7. The molecule has 10 heteroatoms. The number of hydrogen-bond acceptors (Lipinski definition) is 9. The van der Waals surface area contributed by atoms with E-state index in [9.17, 15) is 19.5 Å². The van der Waals surface area contributed by atoms with Gasteiger partial charge in [-0.1, -0.05) is 85.7 Å². The highest BCUT2D eigenvalue weighted by atomic mass is 32.1. The fourth-order valence-electron chi connectivity index (χ4n) is 5.34. The Morgan fingerprint density at radius 2 is 1.71 bits per heavy atom. The Balaban J connectivity index is 1.49. The molecule has 1 fully saturated rings. The van der Waals surface area contributed by atoms with Crippen molar-refractivity contribution in [1.29, 1.82) is 0 Å². The minimum absolute atomic E-state index is 0.0125. The summed E-state index contributed by atoms with van der Waals surface area (Å²) in [5.41, 5.74) is 3.29. The molecule has 1 amide bonds. The minimum atomic E-state index is -1.03. The number of rotatable bonds is 14. The van der Waals surface area contributed by atoms with E-state index in [0.717, 1.165) is 41.7 Å². The molecule has 1 atom stereocenters. The van der Waals surface area contributed by atoms with Crippen LogP contribution in [0.4, 0.5) is 5.13 Å². The summed E-state index contributed by atoms with van der Waals surface area (Å²) < 4.78 is 17.0. The van der Waals surface area contributed by atoms with E-state index < -0.39 is 23.7 Å². The highest BCUT2D eigenvalue weighted by Crippen LogP contribution is 2.44. The number of unbranched alkanes of at least 4 members (excludes halogenated alkanes) is 2. The third-order valence-electron chi connectivity index (χ3n) is 7.78. The van der Waals surface area contributed by atoms with E-state index >= 15 is 0 Å². The van der Waals surface area contributed by atoms with Crippen LogP contribution in [0.3, 0.4) is 0 Å². The van der Waals surface area contributed by atoms with Crippen LogP contribution >= 0.6 is 11.3 Å². The molecule has 0 saturated carbocycles. The molecule has 48 heavy (non-hydrogen) atoms. The van der Waals surface area contributed by atoms with Crippen LogP contribution in [-0.4, -0.2) is 41.0 Å². The van der Waals surface area contributed by atoms with Crippen molar-refractivity contribution in [1.82, 2.24) is 4.98 Å². The van der Waals surface area contributed by atoms with Crippen LogP contribution in [0.25, 0.3) is 5.76 Å². The van der Waals surface area contributed by atoms with Gasteiger partial charge in [0.05, 0.1) is 23.9 Å². The number of ether oxygens (including phenoxy) is 3. The minimum Gasteiger partial charge on any atom is -0.507 e. The number of anilines is 1. The van der Waals surface area contributed by atoms with Crippen molar-refractivity contribution in [3.05, 3.63) is 124 Å². The van der Waals surface area contributed by atoms with Gasteiger partial charge in [0.1, 0.15) is 35.3 Å². The number of aliphatic hydroxyl groups is 1. The molecule has 3 aromatic carbocycles. The van der Waals surface area contributed by atoms with Gasteiger partial charge in [0.2, 0.25) is 0 Å². The number of benzene rings is 3. The Kier molecular flexibility index (Phi) is 11.1. The number of hydrogen-bond donors (Lipinski definition) is 1. The maximum Gasteiger partial charge on any atom is 0.350 e. The molecule has 1 aliphatic rings. The number of aryl methyl sites for hydroxylation is 2. The van der Waals surface area contributed by atoms with Gasteiger partial charge >= 0.3 is 11.9 Å². The number of ketones is 1. The molecule has 0 radical (unpaired) electrons. The van der Waals surface area contributed by atoms with Gasteiger partial charge in [-0.15, -0.1) is 0 Å². The fourth-order valence-corrected chi connectivity index (χ4v) is 6.33. The largest absolute Gasteiger partial charge is 0.507 e. The molecule has 0 spiro atoms. The first-order valence-corrected chi connectivity index (χ1v) is 16.6. The van der Waals surface area contributed by atoms with Crippen molar-refractivity contribution in [2.24, 2.45) is 0 Å². The predicted molar refractivity (Wildman–Crippen MR) is 186 cm³/mol. The lowest BCUT2D eigenvalue weighted by Crippen LogP contribution is -2.29. The monoisotopic (exact) mass is 666 g/mol. The molecule has 1 aromatic heterocycles. The number of aliphatic hydroxyl groups excluding tert-OH is 1. The molecule has 0 bridgehead atoms. The summed E-state index contributed by atoms with van der Waals surface area (Å²) in [7, 11) is 0. The highest BCUT2D eigenvalue weighted by Gasteiger charge is 2.48. The number of thiazole rings is 1. The molecule has 248 valence electrons. The molecule has 0 aliphatic carbocycles. The van der Waals surface area contributed by atoms with Crippen molar-refractivity contribution in [2.75, 3.05) is 18.1 Å². The van der Waals surface area contributed by atoms with Crippen LogP contribution in [0.2, 0.25) is 0 Å². The normalized spacial score (nSPS) is 15.4. The third-order valence-corrected chi connectivity index (χ3v) is 8.92. The van der Waals surface area contributed by atoms with Crippen molar-refractivity contribution < 1.29 is 33.7 Å². The molecule has 1 unspecified atom stereocenters. The average Bonchev–Trinajstić information content (AvgIpc) is 3.60. The third kappa shape index (κ3) is 7.66. The summed E-state index contributed by atoms with van der Waals surface area (Å²) in [5.74, 6) is -1.48. The molecule has 2 heterocycles. The van der Waals surface area contributed by atoms with Gasteiger partial charge in [0.25, 0.3) is 5.78 Å². The van der Waals surface area contributed by atoms with Crippen LogP contribution in [0.5, 0.6) is 11.5 Å². The van der Waals surface area contributed by atoms with Gasteiger partial charge in [0.15, 0.2) is 5.13 Å². The number of aromatic nitrogens is 1. The second kappa shape index (κ2) is 15.6. The Morgan fingerprint density at radius 1 is 1.00 bits per heavy atom. The molecule has 9 nitrogen and oxygen atoms in total. The molecular formula is C38H38N2O7S. The van der Waals surface area contributed by atoms with Crippen molar-refractivity contribution in [3.63, 3.8) is 0 Å². The molecule has 1 saturated heterocycles. The quantitative estimate of drug-likeness (QED) is 0.0361. The number of Topliss-reactive ketones (excluding diaryl/α,β-unsaturated/α-hetero) is 1. The molecule has 5 rings (SSSR count). The Bertz CT molecular complexity index is 1830. The highest BCUT2D eigenvalue weighted by molar-refractivity contribution is 7.17. The first-order valence-electron chi connectivity index (χ1n) is 15.8. The SMILES string of the molecule is C=CCOC(=O)c1sc(N2C(=O)C(=O)/C(=C(/O)c3ccc(OCc4cccc(C)c4)cc3)C2c2ccc(OCCCCC)cc2)nc1C. The lowest BCUT2D eigenvalue weighted by Gasteiger charge is -2.23. The van der Waals surface area contributed by atoms with Gasteiger partial charge in [0, 0.05) is 5.56 Å². The van der Waals surface area contributed by atoms with Crippen molar-refractivity contribution in [3.8, 4) is 11.5 Å². The lowest BCUT2D eigenvalue weighted by atomic mass is 9.95. The zero-order valence-corrected chi connectivity index (χ0v) is 28.0.